The zero-order valence-electron chi connectivity index (χ0n) is 15.6. The van der Waals surface area contributed by atoms with Crippen LogP contribution in [0.4, 0.5) is 0 Å². The van der Waals surface area contributed by atoms with Crippen molar-refractivity contribution >= 4 is 28.8 Å². The molecule has 1 aliphatic heterocycles. The SMILES string of the molecule is C1CCNCC1.C=NC.c1ccc2[nH]ncc2c1.c1ncc2[nH]cnc2n1. The fourth-order valence-electron chi connectivity index (χ4n) is 2.38. The number of H-pyrrole nitrogens is 2. The molecule has 8 nitrogen and oxygen atoms in total. The minimum atomic E-state index is 0.713. The van der Waals surface area contributed by atoms with Crippen molar-refractivity contribution in [2.24, 2.45) is 4.99 Å². The first-order valence-electron chi connectivity index (χ1n) is 8.88. The van der Waals surface area contributed by atoms with Crippen LogP contribution in [-0.2, 0) is 0 Å². The molecule has 4 heterocycles. The standard InChI is InChI=1S/C7H6N2.C5H4N4.C5H11N.C2H5N/c1-2-4-7-6(3-1)5-8-9-7;1-4-5(8-2-6-1)9-3-7-4;1-2-4-6-5-3-1;1-3-2/h1-5H,(H,8,9);1-3H,(H,6,7,8,9);6H,1-5H2;1H2,2H3. The van der Waals surface area contributed by atoms with E-state index in [1.165, 1.54) is 38.7 Å². The van der Waals surface area contributed by atoms with Gasteiger partial charge in [-0.05, 0) is 38.7 Å². The van der Waals surface area contributed by atoms with Crippen LogP contribution >= 0.6 is 0 Å². The third-order valence-corrected chi connectivity index (χ3v) is 3.65. The van der Waals surface area contributed by atoms with Crippen molar-refractivity contribution in [2.45, 2.75) is 19.3 Å². The van der Waals surface area contributed by atoms with Gasteiger partial charge in [0.05, 0.1) is 24.2 Å². The molecule has 3 aromatic heterocycles. The van der Waals surface area contributed by atoms with Gasteiger partial charge in [0.2, 0.25) is 0 Å². The van der Waals surface area contributed by atoms with Crippen LogP contribution in [0.15, 0.2) is 54.3 Å². The molecular formula is C19H26N8. The highest BCUT2D eigenvalue weighted by atomic mass is 15.1. The largest absolute Gasteiger partial charge is 0.342 e. The topological polar surface area (TPSA) is 108 Å². The van der Waals surface area contributed by atoms with Gasteiger partial charge in [-0.1, -0.05) is 24.6 Å². The molecule has 5 rings (SSSR count). The van der Waals surface area contributed by atoms with E-state index in [0.717, 1.165) is 16.4 Å². The molecule has 27 heavy (non-hydrogen) atoms. The number of aromatic amines is 2. The Labute approximate surface area is 158 Å². The van der Waals surface area contributed by atoms with Crippen LogP contribution in [0.1, 0.15) is 19.3 Å². The first kappa shape index (κ1) is 20.2. The number of piperidine rings is 1. The maximum atomic E-state index is 3.91. The number of aromatic nitrogens is 6. The summed E-state index contributed by atoms with van der Waals surface area (Å²) in [5.74, 6) is 0. The summed E-state index contributed by atoms with van der Waals surface area (Å²) in [7, 11) is 1.64. The summed E-state index contributed by atoms with van der Waals surface area (Å²) in [6.07, 6.45) is 10.8. The lowest BCUT2D eigenvalue weighted by molar-refractivity contribution is 0.520. The number of imidazole rings is 1. The van der Waals surface area contributed by atoms with E-state index < -0.39 is 0 Å². The van der Waals surface area contributed by atoms with Crippen LogP contribution in [0.3, 0.4) is 0 Å². The zero-order chi connectivity index (χ0) is 19.2. The van der Waals surface area contributed by atoms with E-state index >= 15 is 0 Å². The van der Waals surface area contributed by atoms with Gasteiger partial charge in [0, 0.05) is 12.4 Å². The van der Waals surface area contributed by atoms with Crippen LogP contribution in [0, 0.1) is 0 Å². The van der Waals surface area contributed by atoms with Crippen molar-refractivity contribution in [3.8, 4) is 0 Å². The number of nitrogens with zero attached hydrogens (tertiary/aromatic N) is 5. The minimum Gasteiger partial charge on any atom is -0.342 e. The van der Waals surface area contributed by atoms with Crippen molar-refractivity contribution in [3.05, 3.63) is 49.3 Å². The summed E-state index contributed by atoms with van der Waals surface area (Å²) in [5, 5.41) is 11.2. The molecule has 0 atom stereocenters. The van der Waals surface area contributed by atoms with Crippen LogP contribution in [0.5, 0.6) is 0 Å². The smallest absolute Gasteiger partial charge is 0.180 e. The molecule has 8 heteroatoms. The van der Waals surface area contributed by atoms with Crippen molar-refractivity contribution in [1.29, 1.82) is 0 Å². The van der Waals surface area contributed by atoms with E-state index in [-0.39, 0.29) is 0 Å². The van der Waals surface area contributed by atoms with Crippen molar-refractivity contribution in [3.63, 3.8) is 0 Å². The molecule has 0 spiro atoms. The quantitative estimate of drug-likeness (QED) is 0.415. The zero-order valence-corrected chi connectivity index (χ0v) is 15.6. The average molecular weight is 366 g/mol. The van der Waals surface area contributed by atoms with E-state index in [1.54, 1.807) is 19.6 Å². The Kier molecular flexibility index (Phi) is 9.17. The fraction of sp³-hybridized carbons (Fsp3) is 0.316. The highest BCUT2D eigenvalue weighted by molar-refractivity contribution is 5.77. The van der Waals surface area contributed by atoms with Crippen molar-refractivity contribution in [1.82, 2.24) is 35.5 Å². The van der Waals surface area contributed by atoms with Crippen LogP contribution in [0.25, 0.3) is 22.1 Å². The van der Waals surface area contributed by atoms with Crippen molar-refractivity contribution < 1.29 is 0 Å². The van der Waals surface area contributed by atoms with Gasteiger partial charge in [-0.2, -0.15) is 5.10 Å². The summed E-state index contributed by atoms with van der Waals surface area (Å²) in [6.45, 7) is 5.61. The molecule has 0 bridgehead atoms. The second-order valence-corrected chi connectivity index (χ2v) is 5.75. The number of nitrogens with one attached hydrogen (secondary N) is 3. The Bertz CT molecular complexity index is 757. The number of hydrogen-bond donors (Lipinski definition) is 3. The van der Waals surface area contributed by atoms with E-state index in [9.17, 15) is 0 Å². The average Bonchev–Trinajstić information content (AvgIpc) is 3.40. The third kappa shape index (κ3) is 7.33. The number of fused-ring (bicyclic) bond motifs is 2. The molecule has 4 aromatic rings. The third-order valence-electron chi connectivity index (χ3n) is 3.65. The summed E-state index contributed by atoms with van der Waals surface area (Å²) >= 11 is 0. The Morgan fingerprint density at radius 3 is 2.41 bits per heavy atom. The molecular weight excluding hydrogens is 340 g/mol. The van der Waals surface area contributed by atoms with E-state index in [2.05, 4.69) is 47.2 Å². The minimum absolute atomic E-state index is 0.713. The highest BCUT2D eigenvalue weighted by Crippen LogP contribution is 2.07. The van der Waals surface area contributed by atoms with Gasteiger partial charge in [-0.15, -0.1) is 0 Å². The van der Waals surface area contributed by atoms with Crippen molar-refractivity contribution in [2.75, 3.05) is 20.1 Å². The van der Waals surface area contributed by atoms with Gasteiger partial charge in [-0.3, -0.25) is 5.10 Å². The molecule has 1 fully saturated rings. The van der Waals surface area contributed by atoms with E-state index in [1.807, 2.05) is 30.5 Å². The number of rotatable bonds is 0. The lowest BCUT2D eigenvalue weighted by atomic mass is 10.2. The molecule has 0 radical (unpaired) electrons. The van der Waals surface area contributed by atoms with Gasteiger partial charge in [0.15, 0.2) is 5.65 Å². The van der Waals surface area contributed by atoms with Gasteiger partial charge in [0.1, 0.15) is 11.8 Å². The maximum Gasteiger partial charge on any atom is 0.180 e. The molecule has 0 unspecified atom stereocenters. The second kappa shape index (κ2) is 12.3. The Morgan fingerprint density at radius 2 is 1.78 bits per heavy atom. The number of aliphatic imine (C=N–C) groups is 1. The first-order chi connectivity index (χ1) is 13.3. The van der Waals surface area contributed by atoms with Gasteiger partial charge in [-0.25, -0.2) is 15.0 Å². The summed E-state index contributed by atoms with van der Waals surface area (Å²) in [5.41, 5.74) is 2.68. The van der Waals surface area contributed by atoms with Gasteiger partial charge in [0.25, 0.3) is 0 Å². The van der Waals surface area contributed by atoms with Gasteiger partial charge < -0.3 is 15.3 Å². The lowest BCUT2D eigenvalue weighted by Crippen LogP contribution is -2.21. The number of hydrogen-bond acceptors (Lipinski definition) is 6. The van der Waals surface area contributed by atoms with Crippen LogP contribution in [0.2, 0.25) is 0 Å². The molecule has 142 valence electrons. The van der Waals surface area contributed by atoms with E-state index in [4.69, 9.17) is 0 Å². The summed E-state index contributed by atoms with van der Waals surface area (Å²) in [6, 6.07) is 8.01. The fourth-order valence-corrected chi connectivity index (χ4v) is 2.38. The summed E-state index contributed by atoms with van der Waals surface area (Å²) in [4.78, 5) is 17.7. The Balaban J connectivity index is 0.000000138. The molecule has 0 saturated carbocycles. The number of para-hydroxylation sites is 1. The lowest BCUT2D eigenvalue weighted by Gasteiger charge is -2.08. The Hall–Kier alpha value is -3.13. The molecule has 1 saturated heterocycles. The molecule has 0 amide bonds. The Morgan fingerprint density at radius 1 is 1.00 bits per heavy atom. The van der Waals surface area contributed by atoms with Crippen LogP contribution < -0.4 is 5.32 Å². The molecule has 3 N–H and O–H groups in total. The first-order valence-corrected chi connectivity index (χ1v) is 8.88. The van der Waals surface area contributed by atoms with Crippen LogP contribution in [-0.4, -0.2) is 57.0 Å². The van der Waals surface area contributed by atoms with Gasteiger partial charge >= 0.3 is 0 Å². The predicted octanol–water partition coefficient (Wildman–Crippen LogP) is 2.99. The van der Waals surface area contributed by atoms with E-state index in [0.29, 0.717) is 5.65 Å². The summed E-state index contributed by atoms with van der Waals surface area (Å²) < 4.78 is 0. The monoisotopic (exact) mass is 366 g/mol. The molecule has 1 aromatic carbocycles. The molecule has 1 aliphatic rings. The highest BCUT2D eigenvalue weighted by Gasteiger charge is 1.93. The number of benzene rings is 1. The normalized spacial score (nSPS) is 12.6. The predicted molar refractivity (Wildman–Crippen MR) is 110 cm³/mol. The maximum absolute atomic E-state index is 3.91. The molecule has 0 aliphatic carbocycles. The second-order valence-electron chi connectivity index (χ2n) is 5.75.